The molecule has 3 amide bonds. The van der Waals surface area contributed by atoms with Gasteiger partial charge < -0.3 is 24.4 Å². The van der Waals surface area contributed by atoms with E-state index in [0.717, 1.165) is 0 Å². The summed E-state index contributed by atoms with van der Waals surface area (Å²) in [6.45, 7) is 6.38. The van der Waals surface area contributed by atoms with Crippen LogP contribution in [0.15, 0.2) is 24.3 Å². The molecule has 1 aromatic rings. The van der Waals surface area contributed by atoms with E-state index >= 15 is 0 Å². The van der Waals surface area contributed by atoms with Gasteiger partial charge in [0.25, 0.3) is 17.7 Å². The molecule has 0 atom stereocenters. The largest absolute Gasteiger partial charge is 0.456 e. The highest BCUT2D eigenvalue weighted by Gasteiger charge is 2.32. The molecule has 0 aromatic heterocycles. The van der Waals surface area contributed by atoms with Crippen molar-refractivity contribution in [3.05, 3.63) is 35.4 Å². The number of benzene rings is 1. The Hall–Kier alpha value is -3.31. The number of carbonyl (C=O) groups excluding carboxylic acids is 5. The number of nitrogens with one attached hydrogen (secondary N) is 1. The van der Waals surface area contributed by atoms with E-state index in [2.05, 4.69) is 5.32 Å². The Morgan fingerprint density at radius 1 is 0.882 bits per heavy atom. The summed E-state index contributed by atoms with van der Waals surface area (Å²) in [5.41, 5.74) is 0.168. The summed E-state index contributed by atoms with van der Waals surface area (Å²) in [6, 6.07) is 6.16. The van der Waals surface area contributed by atoms with Crippen LogP contribution in [0, 0.1) is 0 Å². The average Bonchev–Trinajstić information content (AvgIpc) is 3.08. The zero-order valence-corrected chi connectivity index (χ0v) is 19.6. The molecule has 11 nitrogen and oxygen atoms in total. The molecule has 0 radical (unpaired) electrons. The lowest BCUT2D eigenvalue weighted by Gasteiger charge is -2.19. The van der Waals surface area contributed by atoms with E-state index in [1.54, 1.807) is 32.9 Å². The summed E-state index contributed by atoms with van der Waals surface area (Å²) in [5.74, 6) is -2.55. The van der Waals surface area contributed by atoms with Crippen LogP contribution in [-0.4, -0.2) is 73.3 Å². The fourth-order valence-electron chi connectivity index (χ4n) is 2.72. The van der Waals surface area contributed by atoms with Gasteiger partial charge in [0, 0.05) is 24.9 Å². The lowest BCUT2D eigenvalue weighted by atomic mass is 10.1. The molecule has 2 rings (SSSR count). The first kappa shape index (κ1) is 26.9. The van der Waals surface area contributed by atoms with Gasteiger partial charge in [-0.3, -0.25) is 14.4 Å². The summed E-state index contributed by atoms with van der Waals surface area (Å²) < 4.78 is 15.9. The van der Waals surface area contributed by atoms with Crippen molar-refractivity contribution in [3.8, 4) is 0 Å². The predicted molar refractivity (Wildman–Crippen MR) is 117 cm³/mol. The molecule has 11 heteroatoms. The van der Waals surface area contributed by atoms with Crippen molar-refractivity contribution in [1.82, 2.24) is 10.4 Å². The standard InChI is InChI=1S/C23H30N2O9/c1-23(2,3)33-22(30)17-6-4-16(5-7-17)21(29)24-11-13-32-15-14-31-12-10-20(28)34-25-18(26)8-9-19(25)27/h4-7H,8-15H2,1-3H3,(H,24,29). The van der Waals surface area contributed by atoms with E-state index in [0.29, 0.717) is 16.2 Å². The maximum absolute atomic E-state index is 12.2. The molecule has 0 unspecified atom stereocenters. The third-order valence-electron chi connectivity index (χ3n) is 4.34. The highest BCUT2D eigenvalue weighted by molar-refractivity contribution is 6.01. The Kier molecular flexibility index (Phi) is 10.1. The molecule has 1 saturated heterocycles. The van der Waals surface area contributed by atoms with Gasteiger partial charge in [-0.15, -0.1) is 5.06 Å². The van der Waals surface area contributed by atoms with Crippen LogP contribution in [-0.2, 0) is 33.4 Å². The van der Waals surface area contributed by atoms with Crippen molar-refractivity contribution >= 4 is 29.7 Å². The topological polar surface area (TPSA) is 138 Å². The van der Waals surface area contributed by atoms with Crippen LogP contribution in [0.25, 0.3) is 0 Å². The van der Waals surface area contributed by atoms with Crippen molar-refractivity contribution in [2.75, 3.05) is 33.0 Å². The molecule has 0 aliphatic carbocycles. The molecule has 1 aliphatic heterocycles. The Balaban J connectivity index is 1.52. The Morgan fingerprint density at radius 2 is 1.44 bits per heavy atom. The van der Waals surface area contributed by atoms with Gasteiger partial charge in [-0.2, -0.15) is 0 Å². The third-order valence-corrected chi connectivity index (χ3v) is 4.34. The second kappa shape index (κ2) is 12.8. The fourth-order valence-corrected chi connectivity index (χ4v) is 2.72. The van der Waals surface area contributed by atoms with Gasteiger partial charge in [-0.05, 0) is 45.0 Å². The predicted octanol–water partition coefficient (Wildman–Crippen LogP) is 1.40. The number of rotatable bonds is 12. The van der Waals surface area contributed by atoms with Crippen molar-refractivity contribution in [2.45, 2.75) is 45.6 Å². The molecule has 0 spiro atoms. The summed E-state index contributed by atoms with van der Waals surface area (Å²) >= 11 is 0. The minimum atomic E-state index is -0.730. The molecular weight excluding hydrogens is 448 g/mol. The summed E-state index contributed by atoms with van der Waals surface area (Å²) in [6.07, 6.45) is -0.0264. The number of nitrogens with zero attached hydrogens (tertiary/aromatic N) is 1. The van der Waals surface area contributed by atoms with Gasteiger partial charge in [0.1, 0.15) is 5.60 Å². The molecule has 1 aliphatic rings. The van der Waals surface area contributed by atoms with Gasteiger partial charge in [0.05, 0.1) is 38.4 Å². The normalized spacial score (nSPS) is 13.7. The van der Waals surface area contributed by atoms with Crippen LogP contribution >= 0.6 is 0 Å². The Bertz CT molecular complexity index is 875. The SMILES string of the molecule is CC(C)(C)OC(=O)c1ccc(C(=O)NCCOCCOCCC(=O)ON2C(=O)CCC2=O)cc1. The molecular formula is C23H30N2O9. The zero-order chi connectivity index (χ0) is 25.1. The van der Waals surface area contributed by atoms with E-state index in [4.69, 9.17) is 19.0 Å². The maximum atomic E-state index is 12.2. The van der Waals surface area contributed by atoms with Crippen molar-refractivity contribution in [3.63, 3.8) is 0 Å². The first-order chi connectivity index (χ1) is 16.1. The number of esters is 1. The lowest BCUT2D eigenvalue weighted by Crippen LogP contribution is -2.32. The molecule has 1 heterocycles. The first-order valence-electron chi connectivity index (χ1n) is 10.9. The van der Waals surface area contributed by atoms with E-state index in [1.165, 1.54) is 12.1 Å². The molecule has 0 bridgehead atoms. The molecule has 186 valence electrons. The van der Waals surface area contributed by atoms with E-state index in [-0.39, 0.29) is 58.1 Å². The highest BCUT2D eigenvalue weighted by atomic mass is 16.7. The Labute approximate surface area is 197 Å². The van der Waals surface area contributed by atoms with Crippen molar-refractivity contribution in [2.24, 2.45) is 0 Å². The quantitative estimate of drug-likeness (QED) is 0.268. The van der Waals surface area contributed by atoms with Gasteiger partial charge in [-0.1, -0.05) is 0 Å². The number of hydroxylamine groups is 2. The molecule has 1 N–H and O–H groups in total. The van der Waals surface area contributed by atoms with Crippen LogP contribution in [0.1, 0.15) is 60.7 Å². The number of hydrogen-bond donors (Lipinski definition) is 1. The summed E-state index contributed by atoms with van der Waals surface area (Å²) in [4.78, 5) is 63.2. The third kappa shape index (κ3) is 9.28. The van der Waals surface area contributed by atoms with Gasteiger partial charge in [0.15, 0.2) is 0 Å². The van der Waals surface area contributed by atoms with Crippen LogP contribution in [0.5, 0.6) is 0 Å². The minimum Gasteiger partial charge on any atom is -0.456 e. The molecule has 0 saturated carbocycles. The first-order valence-corrected chi connectivity index (χ1v) is 10.9. The van der Waals surface area contributed by atoms with Gasteiger partial charge in [0.2, 0.25) is 0 Å². The zero-order valence-electron chi connectivity index (χ0n) is 19.6. The van der Waals surface area contributed by atoms with Gasteiger partial charge >= 0.3 is 11.9 Å². The number of hydrogen-bond acceptors (Lipinski definition) is 9. The second-order valence-corrected chi connectivity index (χ2v) is 8.36. The second-order valence-electron chi connectivity index (χ2n) is 8.36. The fraction of sp³-hybridized carbons (Fsp3) is 0.522. The van der Waals surface area contributed by atoms with E-state index in [9.17, 15) is 24.0 Å². The van der Waals surface area contributed by atoms with Crippen LogP contribution < -0.4 is 5.32 Å². The lowest BCUT2D eigenvalue weighted by molar-refractivity contribution is -0.198. The summed E-state index contributed by atoms with van der Waals surface area (Å²) in [7, 11) is 0. The summed E-state index contributed by atoms with van der Waals surface area (Å²) in [5, 5.41) is 3.20. The highest BCUT2D eigenvalue weighted by Crippen LogP contribution is 2.13. The van der Waals surface area contributed by atoms with Crippen LogP contribution in [0.3, 0.4) is 0 Å². The van der Waals surface area contributed by atoms with E-state index in [1.807, 2.05) is 0 Å². The average molecular weight is 478 g/mol. The smallest absolute Gasteiger partial charge is 0.338 e. The minimum absolute atomic E-state index is 0.0424. The number of imide groups is 1. The number of ether oxygens (including phenoxy) is 3. The van der Waals surface area contributed by atoms with E-state index < -0.39 is 29.4 Å². The van der Waals surface area contributed by atoms with Crippen LogP contribution in [0.2, 0.25) is 0 Å². The maximum Gasteiger partial charge on any atom is 0.338 e. The molecule has 34 heavy (non-hydrogen) atoms. The number of amides is 3. The molecule has 1 aromatic carbocycles. The van der Waals surface area contributed by atoms with Crippen molar-refractivity contribution in [1.29, 1.82) is 0 Å². The van der Waals surface area contributed by atoms with Crippen LogP contribution in [0.4, 0.5) is 0 Å². The number of carbonyl (C=O) groups is 5. The molecule has 1 fully saturated rings. The van der Waals surface area contributed by atoms with Crippen molar-refractivity contribution < 1.29 is 43.0 Å². The monoisotopic (exact) mass is 478 g/mol. The van der Waals surface area contributed by atoms with Gasteiger partial charge in [-0.25, -0.2) is 9.59 Å². The Morgan fingerprint density at radius 3 is 2.03 bits per heavy atom.